The molecule has 18 heavy (non-hydrogen) atoms. The van der Waals surface area contributed by atoms with Crippen molar-refractivity contribution in [2.75, 3.05) is 5.75 Å². The molecule has 0 aliphatic carbocycles. The number of nitrogens with zero attached hydrogens (tertiary/aromatic N) is 1. The highest BCUT2D eigenvalue weighted by Crippen LogP contribution is 2.13. The number of pyridine rings is 1. The second-order valence-electron chi connectivity index (χ2n) is 4.53. The molecule has 4 nitrogen and oxygen atoms in total. The summed E-state index contributed by atoms with van der Waals surface area (Å²) in [5, 5.41) is 1.01. The van der Waals surface area contributed by atoms with Gasteiger partial charge in [0, 0.05) is 11.4 Å². The van der Waals surface area contributed by atoms with Gasteiger partial charge in [-0.2, -0.15) is 0 Å². The van der Waals surface area contributed by atoms with Gasteiger partial charge in [-0.3, -0.25) is 4.98 Å². The number of nitrogens with two attached hydrogens (primary N) is 1. The molecule has 2 N–H and O–H groups in total. The van der Waals surface area contributed by atoms with Crippen LogP contribution in [0.15, 0.2) is 36.4 Å². The summed E-state index contributed by atoms with van der Waals surface area (Å²) in [6, 6.07) is 10.9. The minimum atomic E-state index is -3.19. The van der Waals surface area contributed by atoms with Crippen LogP contribution >= 0.6 is 0 Å². The molecule has 0 aliphatic heterocycles. The molecule has 0 fully saturated rings. The lowest BCUT2D eigenvalue weighted by molar-refractivity contribution is 0.588. The predicted octanol–water partition coefficient (Wildman–Crippen LogP) is 1.50. The van der Waals surface area contributed by atoms with Gasteiger partial charge >= 0.3 is 0 Å². The van der Waals surface area contributed by atoms with Crippen molar-refractivity contribution < 1.29 is 8.42 Å². The summed E-state index contributed by atoms with van der Waals surface area (Å²) in [5.41, 5.74) is 6.90. The third-order valence-electron chi connectivity index (χ3n) is 2.54. The summed E-state index contributed by atoms with van der Waals surface area (Å²) in [6.07, 6.45) is 0. The minimum absolute atomic E-state index is 0.0124. The zero-order valence-electron chi connectivity index (χ0n) is 10.2. The standard InChI is InChI=1S/C13H16N2O2S/c1-10(14)8-18(16,17)9-12-7-6-11-4-2-3-5-13(11)15-12/h2-7,10H,8-9,14H2,1H3. The van der Waals surface area contributed by atoms with E-state index in [9.17, 15) is 8.42 Å². The van der Waals surface area contributed by atoms with Gasteiger partial charge < -0.3 is 5.73 Å². The highest BCUT2D eigenvalue weighted by atomic mass is 32.2. The lowest BCUT2D eigenvalue weighted by Gasteiger charge is -2.07. The van der Waals surface area contributed by atoms with Gasteiger partial charge in [-0.05, 0) is 19.1 Å². The highest BCUT2D eigenvalue weighted by Gasteiger charge is 2.15. The molecule has 2 aromatic rings. The van der Waals surface area contributed by atoms with Crippen LogP contribution in [0.3, 0.4) is 0 Å². The van der Waals surface area contributed by atoms with Gasteiger partial charge in [0.1, 0.15) is 0 Å². The van der Waals surface area contributed by atoms with E-state index in [1.54, 1.807) is 13.0 Å². The van der Waals surface area contributed by atoms with E-state index in [-0.39, 0.29) is 17.5 Å². The van der Waals surface area contributed by atoms with E-state index in [0.29, 0.717) is 5.69 Å². The molecule has 5 heteroatoms. The molecular formula is C13H16N2O2S. The van der Waals surface area contributed by atoms with E-state index >= 15 is 0 Å². The van der Waals surface area contributed by atoms with E-state index in [2.05, 4.69) is 4.98 Å². The molecule has 1 aromatic heterocycles. The van der Waals surface area contributed by atoms with Gasteiger partial charge in [-0.25, -0.2) is 8.42 Å². The van der Waals surface area contributed by atoms with Gasteiger partial charge in [0.2, 0.25) is 0 Å². The smallest absolute Gasteiger partial charge is 0.157 e. The first-order valence-electron chi connectivity index (χ1n) is 5.77. The molecule has 0 saturated heterocycles. The number of hydrogen-bond acceptors (Lipinski definition) is 4. The Labute approximate surface area is 107 Å². The maximum atomic E-state index is 11.8. The topological polar surface area (TPSA) is 73.1 Å². The van der Waals surface area contributed by atoms with Gasteiger partial charge in [0.15, 0.2) is 9.84 Å². The molecular weight excluding hydrogens is 248 g/mol. The number of para-hydroxylation sites is 1. The molecule has 96 valence electrons. The Bertz CT molecular complexity index is 651. The van der Waals surface area contributed by atoms with Crippen LogP contribution in [-0.2, 0) is 15.6 Å². The third kappa shape index (κ3) is 3.27. The van der Waals surface area contributed by atoms with Crippen molar-refractivity contribution >= 4 is 20.7 Å². The number of sulfone groups is 1. The molecule has 0 bridgehead atoms. The van der Waals surface area contributed by atoms with Crippen LogP contribution in [-0.4, -0.2) is 25.2 Å². The molecule has 2 rings (SSSR count). The Kier molecular flexibility index (Phi) is 3.63. The number of aromatic nitrogens is 1. The molecule has 1 aromatic carbocycles. The molecule has 0 aliphatic rings. The third-order valence-corrected chi connectivity index (χ3v) is 4.31. The number of benzene rings is 1. The van der Waals surface area contributed by atoms with E-state index < -0.39 is 9.84 Å². The first-order chi connectivity index (χ1) is 8.46. The fraction of sp³-hybridized carbons (Fsp3) is 0.308. The lowest BCUT2D eigenvalue weighted by atomic mass is 10.2. The van der Waals surface area contributed by atoms with Crippen molar-refractivity contribution in [3.8, 4) is 0 Å². The van der Waals surface area contributed by atoms with Crippen LogP contribution in [0.1, 0.15) is 12.6 Å². The van der Waals surface area contributed by atoms with Crippen molar-refractivity contribution in [1.82, 2.24) is 4.98 Å². The zero-order chi connectivity index (χ0) is 13.2. The normalized spacial score (nSPS) is 13.7. The molecule has 0 radical (unpaired) electrons. The average molecular weight is 264 g/mol. The molecule has 0 saturated carbocycles. The summed E-state index contributed by atoms with van der Waals surface area (Å²) >= 11 is 0. The molecule has 1 atom stereocenters. The minimum Gasteiger partial charge on any atom is -0.327 e. The Hall–Kier alpha value is -1.46. The molecule has 1 heterocycles. The largest absolute Gasteiger partial charge is 0.327 e. The zero-order valence-corrected chi connectivity index (χ0v) is 11.0. The van der Waals surface area contributed by atoms with Crippen LogP contribution in [0.25, 0.3) is 10.9 Å². The lowest BCUT2D eigenvalue weighted by Crippen LogP contribution is -2.27. The van der Waals surface area contributed by atoms with Crippen molar-refractivity contribution in [1.29, 1.82) is 0 Å². The summed E-state index contributed by atoms with van der Waals surface area (Å²) in [7, 11) is -3.19. The number of fused-ring (bicyclic) bond motifs is 1. The molecule has 1 unspecified atom stereocenters. The summed E-state index contributed by atoms with van der Waals surface area (Å²) in [4.78, 5) is 4.35. The van der Waals surface area contributed by atoms with Gasteiger partial charge in [0.05, 0.1) is 22.7 Å². The number of rotatable bonds is 4. The summed E-state index contributed by atoms with van der Waals surface area (Å²) in [5.74, 6) is -0.0686. The monoisotopic (exact) mass is 264 g/mol. The van der Waals surface area contributed by atoms with Crippen LogP contribution in [0.4, 0.5) is 0 Å². The average Bonchev–Trinajstić information content (AvgIpc) is 2.26. The van der Waals surface area contributed by atoms with E-state index in [1.807, 2.05) is 30.3 Å². The second-order valence-corrected chi connectivity index (χ2v) is 6.64. The Morgan fingerprint density at radius 2 is 1.94 bits per heavy atom. The summed E-state index contributed by atoms with van der Waals surface area (Å²) in [6.45, 7) is 1.69. The number of hydrogen-bond donors (Lipinski definition) is 1. The van der Waals surface area contributed by atoms with E-state index in [0.717, 1.165) is 10.9 Å². The fourth-order valence-electron chi connectivity index (χ4n) is 1.87. The van der Waals surface area contributed by atoms with Crippen LogP contribution in [0.2, 0.25) is 0 Å². The quantitative estimate of drug-likeness (QED) is 0.908. The maximum Gasteiger partial charge on any atom is 0.157 e. The van der Waals surface area contributed by atoms with Crippen LogP contribution in [0, 0.1) is 0 Å². The Balaban J connectivity index is 2.27. The van der Waals surface area contributed by atoms with Gasteiger partial charge in [0.25, 0.3) is 0 Å². The highest BCUT2D eigenvalue weighted by molar-refractivity contribution is 7.90. The van der Waals surface area contributed by atoms with Gasteiger partial charge in [-0.15, -0.1) is 0 Å². The Morgan fingerprint density at radius 1 is 1.22 bits per heavy atom. The van der Waals surface area contributed by atoms with Crippen LogP contribution < -0.4 is 5.73 Å². The van der Waals surface area contributed by atoms with Crippen molar-refractivity contribution in [2.45, 2.75) is 18.7 Å². The first-order valence-corrected chi connectivity index (χ1v) is 7.59. The SMILES string of the molecule is CC(N)CS(=O)(=O)Cc1ccc2ccccc2n1. The predicted molar refractivity (Wildman–Crippen MR) is 72.9 cm³/mol. The summed E-state index contributed by atoms with van der Waals surface area (Å²) < 4.78 is 23.7. The van der Waals surface area contributed by atoms with Crippen molar-refractivity contribution in [3.63, 3.8) is 0 Å². The van der Waals surface area contributed by atoms with E-state index in [4.69, 9.17) is 5.73 Å². The Morgan fingerprint density at radius 3 is 2.67 bits per heavy atom. The van der Waals surface area contributed by atoms with Crippen molar-refractivity contribution in [3.05, 3.63) is 42.1 Å². The van der Waals surface area contributed by atoms with Gasteiger partial charge in [-0.1, -0.05) is 24.3 Å². The fourth-order valence-corrected chi connectivity index (χ4v) is 3.40. The molecule has 0 amide bonds. The molecule has 0 spiro atoms. The second kappa shape index (κ2) is 5.04. The van der Waals surface area contributed by atoms with Crippen molar-refractivity contribution in [2.24, 2.45) is 5.73 Å². The maximum absolute atomic E-state index is 11.8. The first kappa shape index (κ1) is 13.0. The van der Waals surface area contributed by atoms with E-state index in [1.165, 1.54) is 0 Å². The van der Waals surface area contributed by atoms with Crippen LogP contribution in [0.5, 0.6) is 0 Å².